The van der Waals surface area contributed by atoms with Gasteiger partial charge in [0.25, 0.3) is 0 Å². The molecule has 0 aliphatic carbocycles. The van der Waals surface area contributed by atoms with Crippen molar-refractivity contribution in [2.45, 2.75) is 84.5 Å². The highest BCUT2D eigenvalue weighted by atomic mass is 31.2. The van der Waals surface area contributed by atoms with Crippen LogP contribution in [-0.2, 0) is 14.0 Å². The average molecular weight is 455 g/mol. The van der Waals surface area contributed by atoms with E-state index < -0.39 is 14.7 Å². The summed E-state index contributed by atoms with van der Waals surface area (Å²) < 4.78 is 15.9. The molecule has 1 saturated heterocycles. The first-order valence-corrected chi connectivity index (χ1v) is 12.7. The number of hydrogen-bond donors (Lipinski definition) is 2. The number of hydrogen-bond acceptors (Lipinski definition) is 5. The smallest absolute Gasteiger partial charge is 0.327 e. The van der Waals surface area contributed by atoms with E-state index in [2.05, 4.69) is 67.7 Å². The molecule has 0 aromatic carbocycles. The quantitative estimate of drug-likeness (QED) is 0.160. The molecular formula is C25H43O5P. The van der Waals surface area contributed by atoms with Gasteiger partial charge in [-0.3, -0.25) is 0 Å². The van der Waals surface area contributed by atoms with Crippen LogP contribution in [0.5, 0.6) is 0 Å². The lowest BCUT2D eigenvalue weighted by Crippen LogP contribution is -2.36. The monoisotopic (exact) mass is 454 g/mol. The number of ether oxygens (including phenoxy) is 2. The van der Waals surface area contributed by atoms with Crippen molar-refractivity contribution < 1.29 is 23.8 Å². The lowest BCUT2D eigenvalue weighted by Gasteiger charge is -2.29. The zero-order chi connectivity index (χ0) is 23.0. The van der Waals surface area contributed by atoms with Crippen molar-refractivity contribution in [2.24, 2.45) is 0 Å². The molecule has 0 aromatic rings. The maximum Gasteiger partial charge on any atom is 0.327 e. The molecule has 1 heterocycles. The first-order chi connectivity index (χ1) is 15.2. The van der Waals surface area contributed by atoms with Gasteiger partial charge in [-0.2, -0.15) is 0 Å². The first kappa shape index (κ1) is 29.9. The molecule has 1 aliphatic rings. The zero-order valence-electron chi connectivity index (χ0n) is 19.6. The van der Waals surface area contributed by atoms with E-state index in [1.165, 1.54) is 0 Å². The molecule has 2 N–H and O–H groups in total. The summed E-state index contributed by atoms with van der Waals surface area (Å²) in [7, 11) is -2.35. The van der Waals surface area contributed by atoms with Crippen molar-refractivity contribution in [3.63, 3.8) is 0 Å². The molecule has 0 spiro atoms. The molecule has 0 radical (unpaired) electrons. The average Bonchev–Trinajstić information content (AvgIpc) is 2.78. The SMILES string of the molecule is CC.CC/C=C\C/C=C\C/C=C\C/C=C\C/C=C\CCCC1OCC(OP(O)O)CO1. The van der Waals surface area contributed by atoms with Crippen LogP contribution in [0.2, 0.25) is 0 Å². The standard InChI is InChI=1S/C23H37O5P.C2H6/c1-2-3-4-5-6-7-8-9-10-11-12-13-14-15-16-17-18-19-23-26-20-22(21-27-23)28-29(24)25;1-2/h3-4,6-7,9-10,12-13,15-16,22-25H,2,5,8,11,14,17-21H2,1H3;1-2H3/b4-3-,7-6-,10-9-,13-12-,16-15-;. The summed E-state index contributed by atoms with van der Waals surface area (Å²) in [5, 5.41) is 0. The molecule has 0 amide bonds. The summed E-state index contributed by atoms with van der Waals surface area (Å²) in [6.45, 7) is 6.83. The van der Waals surface area contributed by atoms with Gasteiger partial charge in [-0.05, 0) is 51.4 Å². The summed E-state index contributed by atoms with van der Waals surface area (Å²) >= 11 is 0. The van der Waals surface area contributed by atoms with Gasteiger partial charge in [-0.25, -0.2) is 0 Å². The molecule has 0 bridgehead atoms. The Kier molecular flexibility index (Phi) is 22.8. The minimum atomic E-state index is -2.35. The van der Waals surface area contributed by atoms with Crippen LogP contribution in [0.15, 0.2) is 60.8 Å². The van der Waals surface area contributed by atoms with Crippen LogP contribution < -0.4 is 0 Å². The highest BCUT2D eigenvalue weighted by Crippen LogP contribution is 2.28. The van der Waals surface area contributed by atoms with Gasteiger partial charge in [0, 0.05) is 0 Å². The van der Waals surface area contributed by atoms with Crippen molar-refractivity contribution in [3.8, 4) is 0 Å². The summed E-state index contributed by atoms with van der Waals surface area (Å²) in [5.41, 5.74) is 0. The predicted octanol–water partition coefficient (Wildman–Crippen LogP) is 6.90. The van der Waals surface area contributed by atoms with Gasteiger partial charge in [-0.1, -0.05) is 81.5 Å². The van der Waals surface area contributed by atoms with Crippen LogP contribution >= 0.6 is 8.60 Å². The highest BCUT2D eigenvalue weighted by Gasteiger charge is 2.24. The van der Waals surface area contributed by atoms with E-state index in [4.69, 9.17) is 23.8 Å². The predicted molar refractivity (Wildman–Crippen MR) is 132 cm³/mol. The summed E-state index contributed by atoms with van der Waals surface area (Å²) in [4.78, 5) is 17.6. The van der Waals surface area contributed by atoms with E-state index in [1.807, 2.05) is 13.8 Å². The first-order valence-electron chi connectivity index (χ1n) is 11.5. The Labute approximate surface area is 191 Å². The van der Waals surface area contributed by atoms with Crippen molar-refractivity contribution in [3.05, 3.63) is 60.8 Å². The van der Waals surface area contributed by atoms with E-state index in [0.717, 1.165) is 51.4 Å². The molecule has 0 saturated carbocycles. The normalized spacial score (nSPS) is 20.1. The number of allylic oxidation sites excluding steroid dienone is 10. The van der Waals surface area contributed by atoms with Gasteiger partial charge in [0.15, 0.2) is 6.29 Å². The van der Waals surface area contributed by atoms with Gasteiger partial charge in [0.05, 0.1) is 13.2 Å². The molecule has 1 fully saturated rings. The van der Waals surface area contributed by atoms with Crippen molar-refractivity contribution in [2.75, 3.05) is 13.2 Å². The molecule has 0 unspecified atom stereocenters. The van der Waals surface area contributed by atoms with Crippen LogP contribution in [0.1, 0.15) is 72.1 Å². The van der Waals surface area contributed by atoms with Crippen LogP contribution in [0.4, 0.5) is 0 Å². The van der Waals surface area contributed by atoms with E-state index in [0.29, 0.717) is 13.2 Å². The Morgan fingerprint density at radius 1 is 0.774 bits per heavy atom. The van der Waals surface area contributed by atoms with Gasteiger partial charge >= 0.3 is 8.60 Å². The second-order valence-corrected chi connectivity index (χ2v) is 7.43. The summed E-state index contributed by atoms with van der Waals surface area (Å²) in [5.74, 6) is 0. The van der Waals surface area contributed by atoms with Gasteiger partial charge < -0.3 is 23.8 Å². The molecule has 178 valence electrons. The molecule has 6 heteroatoms. The second-order valence-electron chi connectivity index (χ2n) is 6.72. The highest BCUT2D eigenvalue weighted by molar-refractivity contribution is 7.39. The third kappa shape index (κ3) is 20.6. The minimum absolute atomic E-state index is 0.221. The topological polar surface area (TPSA) is 68.2 Å². The number of rotatable bonds is 15. The third-order valence-corrected chi connectivity index (χ3v) is 4.63. The molecule has 0 atom stereocenters. The lowest BCUT2D eigenvalue weighted by atomic mass is 10.2. The molecular weight excluding hydrogens is 411 g/mol. The zero-order valence-corrected chi connectivity index (χ0v) is 20.5. The maximum atomic E-state index is 8.80. The molecule has 31 heavy (non-hydrogen) atoms. The molecule has 0 aromatic heterocycles. The summed E-state index contributed by atoms with van der Waals surface area (Å²) in [6.07, 6.45) is 29.3. The fraction of sp³-hybridized carbons (Fsp3) is 0.600. The number of unbranched alkanes of at least 4 members (excludes halogenated alkanes) is 1. The molecule has 1 rings (SSSR count). The van der Waals surface area contributed by atoms with Crippen LogP contribution in [0.3, 0.4) is 0 Å². The van der Waals surface area contributed by atoms with Crippen LogP contribution in [0.25, 0.3) is 0 Å². The Bertz CT molecular complexity index is 518. The van der Waals surface area contributed by atoms with Gasteiger partial charge in [0.2, 0.25) is 0 Å². The Morgan fingerprint density at radius 2 is 1.23 bits per heavy atom. The van der Waals surface area contributed by atoms with Crippen molar-refractivity contribution in [1.29, 1.82) is 0 Å². The Balaban J connectivity index is 0.00000436. The van der Waals surface area contributed by atoms with Crippen molar-refractivity contribution in [1.82, 2.24) is 0 Å². The molecule has 5 nitrogen and oxygen atoms in total. The minimum Gasteiger partial charge on any atom is -0.350 e. The van der Waals surface area contributed by atoms with Crippen molar-refractivity contribution >= 4 is 8.60 Å². The fourth-order valence-corrected chi connectivity index (χ4v) is 3.05. The van der Waals surface area contributed by atoms with Crippen LogP contribution in [0, 0.1) is 0 Å². The Hall–Kier alpha value is -1.07. The molecule has 1 aliphatic heterocycles. The maximum absolute atomic E-state index is 8.80. The summed E-state index contributed by atoms with van der Waals surface area (Å²) in [6, 6.07) is 0. The second kappa shape index (κ2) is 23.6. The fourth-order valence-electron chi connectivity index (χ4n) is 2.66. The van der Waals surface area contributed by atoms with Crippen LogP contribution in [-0.4, -0.2) is 35.4 Å². The van der Waals surface area contributed by atoms with E-state index in [-0.39, 0.29) is 6.29 Å². The lowest BCUT2D eigenvalue weighted by molar-refractivity contribution is -0.214. The van der Waals surface area contributed by atoms with Gasteiger partial charge in [0.1, 0.15) is 6.10 Å². The van der Waals surface area contributed by atoms with Gasteiger partial charge in [-0.15, -0.1) is 0 Å². The Morgan fingerprint density at radius 3 is 1.68 bits per heavy atom. The third-order valence-electron chi connectivity index (χ3n) is 4.15. The van der Waals surface area contributed by atoms with E-state index >= 15 is 0 Å². The van der Waals surface area contributed by atoms with E-state index in [1.54, 1.807) is 0 Å². The van der Waals surface area contributed by atoms with E-state index in [9.17, 15) is 0 Å². The largest absolute Gasteiger partial charge is 0.350 e.